The second-order valence-corrected chi connectivity index (χ2v) is 5.26. The molecule has 0 aliphatic carbocycles. The van der Waals surface area contributed by atoms with Crippen molar-refractivity contribution >= 4 is 23.6 Å². The van der Waals surface area contributed by atoms with E-state index in [1.54, 1.807) is 6.07 Å². The fraction of sp³-hybridized carbons (Fsp3) is 0.467. The van der Waals surface area contributed by atoms with Crippen LogP contribution in [0.15, 0.2) is 24.3 Å². The van der Waals surface area contributed by atoms with Crippen molar-refractivity contribution in [3.05, 3.63) is 34.9 Å². The smallest absolute Gasteiger partial charge is 0.315 e. The van der Waals surface area contributed by atoms with Crippen LogP contribution in [0.4, 0.5) is 4.79 Å². The van der Waals surface area contributed by atoms with Crippen LogP contribution in [-0.2, 0) is 4.79 Å². The molecule has 0 radical (unpaired) electrons. The number of hydrogen-bond acceptors (Lipinski definition) is 2. The minimum absolute atomic E-state index is 0.175. The molecule has 2 amide bonds. The van der Waals surface area contributed by atoms with Crippen LogP contribution in [0.2, 0.25) is 5.02 Å². The van der Waals surface area contributed by atoms with Crippen LogP contribution in [0.5, 0.6) is 0 Å². The van der Waals surface area contributed by atoms with E-state index in [0.29, 0.717) is 18.0 Å². The molecule has 0 aliphatic rings. The molecule has 1 unspecified atom stereocenters. The highest BCUT2D eigenvalue weighted by Crippen LogP contribution is 2.21. The van der Waals surface area contributed by atoms with Gasteiger partial charge in [-0.15, -0.1) is 0 Å². The molecule has 5 nitrogen and oxygen atoms in total. The zero-order valence-corrected chi connectivity index (χ0v) is 12.8. The maximum absolute atomic E-state index is 11.7. The first-order chi connectivity index (χ1) is 10.0. The zero-order chi connectivity index (χ0) is 15.7. The molecular formula is C15H21ClN2O3. The number of benzene rings is 1. The summed E-state index contributed by atoms with van der Waals surface area (Å²) in [4.78, 5) is 22.1. The number of rotatable bonds is 8. The largest absolute Gasteiger partial charge is 0.481 e. The fourth-order valence-corrected chi connectivity index (χ4v) is 2.23. The van der Waals surface area contributed by atoms with E-state index in [-0.39, 0.29) is 18.5 Å². The molecule has 0 saturated heterocycles. The summed E-state index contributed by atoms with van der Waals surface area (Å²) >= 11 is 6.07. The Hall–Kier alpha value is -1.75. The van der Waals surface area contributed by atoms with Crippen molar-refractivity contribution in [2.45, 2.75) is 38.6 Å². The average molecular weight is 313 g/mol. The molecule has 3 N–H and O–H groups in total. The highest BCUT2D eigenvalue weighted by Gasteiger charge is 2.11. The molecule has 1 atom stereocenters. The first-order valence-electron chi connectivity index (χ1n) is 7.01. The molecule has 6 heteroatoms. The van der Waals surface area contributed by atoms with Gasteiger partial charge in [-0.1, -0.05) is 36.2 Å². The lowest BCUT2D eigenvalue weighted by atomic mass is 10.1. The molecule has 1 aromatic carbocycles. The van der Waals surface area contributed by atoms with Crippen molar-refractivity contribution in [2.75, 3.05) is 6.54 Å². The maximum Gasteiger partial charge on any atom is 0.315 e. The van der Waals surface area contributed by atoms with Gasteiger partial charge >= 0.3 is 12.0 Å². The van der Waals surface area contributed by atoms with Gasteiger partial charge in [-0.2, -0.15) is 0 Å². The van der Waals surface area contributed by atoms with Crippen molar-refractivity contribution < 1.29 is 14.7 Å². The highest BCUT2D eigenvalue weighted by atomic mass is 35.5. The van der Waals surface area contributed by atoms with E-state index in [4.69, 9.17) is 16.7 Å². The maximum atomic E-state index is 11.7. The van der Waals surface area contributed by atoms with E-state index in [1.165, 1.54) is 0 Å². The average Bonchev–Trinajstić information content (AvgIpc) is 2.42. The van der Waals surface area contributed by atoms with Crippen LogP contribution in [0.3, 0.4) is 0 Å². The van der Waals surface area contributed by atoms with Gasteiger partial charge in [-0.3, -0.25) is 4.79 Å². The van der Waals surface area contributed by atoms with Gasteiger partial charge in [0.2, 0.25) is 0 Å². The van der Waals surface area contributed by atoms with Crippen LogP contribution in [-0.4, -0.2) is 23.7 Å². The van der Waals surface area contributed by atoms with E-state index >= 15 is 0 Å². The number of aliphatic carboxylic acids is 1. The molecule has 0 fully saturated rings. The molecule has 21 heavy (non-hydrogen) atoms. The molecule has 1 rings (SSSR count). The third-order valence-electron chi connectivity index (χ3n) is 3.07. The quantitative estimate of drug-likeness (QED) is 0.644. The Morgan fingerprint density at radius 2 is 1.95 bits per heavy atom. The second-order valence-electron chi connectivity index (χ2n) is 4.85. The Labute approximate surface area is 129 Å². The van der Waals surface area contributed by atoms with Gasteiger partial charge in [-0.25, -0.2) is 4.79 Å². The number of hydrogen-bond donors (Lipinski definition) is 3. The minimum Gasteiger partial charge on any atom is -0.481 e. The summed E-state index contributed by atoms with van der Waals surface area (Å²) in [5.41, 5.74) is 0.871. The second kappa shape index (κ2) is 9.23. The third kappa shape index (κ3) is 6.99. The topological polar surface area (TPSA) is 78.4 Å². The van der Waals surface area contributed by atoms with E-state index in [0.717, 1.165) is 18.4 Å². The number of carboxylic acid groups (broad SMARTS) is 1. The van der Waals surface area contributed by atoms with Crippen LogP contribution in [0.25, 0.3) is 0 Å². The number of halogens is 1. The Kier molecular flexibility index (Phi) is 7.61. The molecule has 0 aromatic heterocycles. The van der Waals surface area contributed by atoms with E-state index < -0.39 is 5.97 Å². The Balaban J connectivity index is 2.22. The van der Waals surface area contributed by atoms with Crippen LogP contribution < -0.4 is 10.6 Å². The number of unbranched alkanes of at least 4 members (excludes halogenated alkanes) is 2. The molecule has 0 heterocycles. The van der Waals surface area contributed by atoms with Gasteiger partial charge in [-0.05, 0) is 31.4 Å². The Bertz CT molecular complexity index is 480. The monoisotopic (exact) mass is 312 g/mol. The third-order valence-corrected chi connectivity index (χ3v) is 3.42. The van der Waals surface area contributed by atoms with Gasteiger partial charge in [0.1, 0.15) is 0 Å². The van der Waals surface area contributed by atoms with Crippen molar-refractivity contribution in [2.24, 2.45) is 0 Å². The van der Waals surface area contributed by atoms with Crippen LogP contribution >= 0.6 is 11.6 Å². The van der Waals surface area contributed by atoms with Gasteiger partial charge in [0.25, 0.3) is 0 Å². The normalized spacial score (nSPS) is 11.7. The lowest BCUT2D eigenvalue weighted by Crippen LogP contribution is -2.37. The molecule has 116 valence electrons. The number of carbonyl (C=O) groups is 2. The minimum atomic E-state index is -0.783. The predicted molar refractivity (Wildman–Crippen MR) is 82.5 cm³/mol. The Morgan fingerprint density at radius 1 is 1.24 bits per heavy atom. The summed E-state index contributed by atoms with van der Waals surface area (Å²) in [5, 5.41) is 14.7. The summed E-state index contributed by atoms with van der Waals surface area (Å²) in [6.45, 7) is 2.40. The van der Waals surface area contributed by atoms with Crippen molar-refractivity contribution in [3.63, 3.8) is 0 Å². The SMILES string of the molecule is CC(NC(=O)NCCCCCC(=O)O)c1ccccc1Cl. The fourth-order valence-electron chi connectivity index (χ4n) is 1.93. The summed E-state index contributed by atoms with van der Waals surface area (Å²) in [6.07, 6.45) is 2.36. The van der Waals surface area contributed by atoms with Crippen molar-refractivity contribution in [1.29, 1.82) is 0 Å². The zero-order valence-electron chi connectivity index (χ0n) is 12.1. The molecule has 0 saturated carbocycles. The van der Waals surface area contributed by atoms with Crippen molar-refractivity contribution in [3.8, 4) is 0 Å². The summed E-state index contributed by atoms with van der Waals surface area (Å²) < 4.78 is 0. The number of carbonyl (C=O) groups excluding carboxylic acids is 1. The number of urea groups is 1. The standard InChI is InChI=1S/C15H21ClN2O3/c1-11(12-7-4-5-8-13(12)16)18-15(21)17-10-6-2-3-9-14(19)20/h4-5,7-8,11H,2-3,6,9-10H2,1H3,(H,19,20)(H2,17,18,21). The first-order valence-corrected chi connectivity index (χ1v) is 7.39. The lowest BCUT2D eigenvalue weighted by molar-refractivity contribution is -0.137. The number of nitrogens with one attached hydrogen (secondary N) is 2. The van der Waals surface area contributed by atoms with Crippen LogP contribution in [0, 0.1) is 0 Å². The Morgan fingerprint density at radius 3 is 2.62 bits per heavy atom. The van der Waals surface area contributed by atoms with Crippen LogP contribution in [0.1, 0.15) is 44.2 Å². The summed E-state index contributed by atoms with van der Waals surface area (Å²) in [7, 11) is 0. The van der Waals surface area contributed by atoms with Gasteiger partial charge in [0.15, 0.2) is 0 Å². The number of amides is 2. The first kappa shape index (κ1) is 17.3. The lowest BCUT2D eigenvalue weighted by Gasteiger charge is -2.16. The van der Waals surface area contributed by atoms with Gasteiger partial charge in [0.05, 0.1) is 6.04 Å². The summed E-state index contributed by atoms with van der Waals surface area (Å²) in [5.74, 6) is -0.783. The van der Waals surface area contributed by atoms with E-state index in [9.17, 15) is 9.59 Å². The molecule has 1 aromatic rings. The predicted octanol–water partition coefficient (Wildman–Crippen LogP) is 3.35. The van der Waals surface area contributed by atoms with E-state index in [2.05, 4.69) is 10.6 Å². The van der Waals surface area contributed by atoms with Gasteiger partial charge < -0.3 is 15.7 Å². The van der Waals surface area contributed by atoms with E-state index in [1.807, 2.05) is 25.1 Å². The number of carboxylic acids is 1. The van der Waals surface area contributed by atoms with Crippen molar-refractivity contribution in [1.82, 2.24) is 10.6 Å². The van der Waals surface area contributed by atoms with Gasteiger partial charge in [0, 0.05) is 18.0 Å². The molecular weight excluding hydrogens is 292 g/mol. The summed E-state index contributed by atoms with van der Waals surface area (Å²) in [6, 6.07) is 6.95. The molecule has 0 aliphatic heterocycles. The highest BCUT2D eigenvalue weighted by molar-refractivity contribution is 6.31. The molecule has 0 spiro atoms. The molecule has 0 bridgehead atoms.